The van der Waals surface area contributed by atoms with Gasteiger partial charge in [0.2, 0.25) is 0 Å². The lowest BCUT2D eigenvalue weighted by Gasteiger charge is -2.35. The van der Waals surface area contributed by atoms with Crippen LogP contribution in [0, 0.1) is 12.8 Å². The summed E-state index contributed by atoms with van der Waals surface area (Å²) < 4.78 is 0. The Hall–Kier alpha value is -0.730. The maximum Gasteiger partial charge on any atom is 0.0455 e. The zero-order chi connectivity index (χ0) is 13.3. The van der Waals surface area contributed by atoms with Crippen molar-refractivity contribution in [1.82, 2.24) is 5.32 Å². The first-order valence-corrected chi connectivity index (χ1v) is 7.01. The van der Waals surface area contributed by atoms with Crippen molar-refractivity contribution in [2.75, 3.05) is 25.0 Å². The Morgan fingerprint density at radius 1 is 1.44 bits per heavy atom. The molecular formula is C15H23ClN2. The Morgan fingerprint density at radius 2 is 2.17 bits per heavy atom. The molecule has 0 radical (unpaired) electrons. The Balaban J connectivity index is 2.30. The molecule has 1 aromatic carbocycles. The third kappa shape index (κ3) is 2.50. The van der Waals surface area contributed by atoms with E-state index in [2.05, 4.69) is 37.1 Å². The first kappa shape index (κ1) is 13.7. The number of nitrogens with one attached hydrogen (secondary N) is 1. The number of anilines is 1. The summed E-state index contributed by atoms with van der Waals surface area (Å²) >= 11 is 6.24. The first-order valence-electron chi connectivity index (χ1n) is 6.63. The Kier molecular flexibility index (Phi) is 3.88. The van der Waals surface area contributed by atoms with Crippen LogP contribution in [0.25, 0.3) is 0 Å². The molecule has 0 bridgehead atoms. The van der Waals surface area contributed by atoms with Crippen molar-refractivity contribution in [3.05, 3.63) is 28.8 Å². The van der Waals surface area contributed by atoms with Crippen LogP contribution in [-0.2, 0) is 0 Å². The van der Waals surface area contributed by atoms with Crippen LogP contribution < -0.4 is 10.2 Å². The van der Waals surface area contributed by atoms with Gasteiger partial charge in [-0.3, -0.25) is 0 Å². The van der Waals surface area contributed by atoms with Crippen LogP contribution in [0.15, 0.2) is 18.2 Å². The fraction of sp³-hybridized carbons (Fsp3) is 0.600. The number of nitrogens with zero attached hydrogens (tertiary/aromatic N) is 1. The standard InChI is InChI=1S/C15H23ClN2/c1-11-13(16)6-5-7-14(11)18-10-12(9-17-4)8-15(18,2)3/h5-7,12,17H,8-10H2,1-4H3. The summed E-state index contributed by atoms with van der Waals surface area (Å²) in [5.41, 5.74) is 2.68. The van der Waals surface area contributed by atoms with E-state index in [1.807, 2.05) is 19.2 Å². The predicted molar refractivity (Wildman–Crippen MR) is 79.6 cm³/mol. The van der Waals surface area contributed by atoms with E-state index in [1.54, 1.807) is 0 Å². The average Bonchev–Trinajstić information content (AvgIpc) is 2.58. The Bertz CT molecular complexity index is 429. The second kappa shape index (κ2) is 5.10. The van der Waals surface area contributed by atoms with Crippen LogP contribution in [0.3, 0.4) is 0 Å². The van der Waals surface area contributed by atoms with Gasteiger partial charge >= 0.3 is 0 Å². The summed E-state index contributed by atoms with van der Waals surface area (Å²) in [5, 5.41) is 4.15. The Labute approximate surface area is 115 Å². The molecule has 1 N–H and O–H groups in total. The second-order valence-corrected chi connectivity index (χ2v) is 6.34. The van der Waals surface area contributed by atoms with Gasteiger partial charge in [0.05, 0.1) is 0 Å². The average molecular weight is 267 g/mol. The van der Waals surface area contributed by atoms with Crippen molar-refractivity contribution in [3.63, 3.8) is 0 Å². The van der Waals surface area contributed by atoms with Crippen molar-refractivity contribution < 1.29 is 0 Å². The molecule has 1 fully saturated rings. The van der Waals surface area contributed by atoms with Gasteiger partial charge in [0, 0.05) is 22.8 Å². The summed E-state index contributed by atoms with van der Waals surface area (Å²) in [6.45, 7) is 8.94. The van der Waals surface area contributed by atoms with E-state index < -0.39 is 0 Å². The van der Waals surface area contributed by atoms with Crippen molar-refractivity contribution in [2.45, 2.75) is 32.7 Å². The molecule has 2 nitrogen and oxygen atoms in total. The molecule has 1 unspecified atom stereocenters. The van der Waals surface area contributed by atoms with Gasteiger partial charge in [-0.1, -0.05) is 17.7 Å². The number of rotatable bonds is 3. The molecule has 0 amide bonds. The molecule has 2 rings (SSSR count). The van der Waals surface area contributed by atoms with E-state index in [4.69, 9.17) is 11.6 Å². The van der Waals surface area contributed by atoms with Gasteiger partial charge in [0.15, 0.2) is 0 Å². The highest BCUT2D eigenvalue weighted by molar-refractivity contribution is 6.31. The lowest BCUT2D eigenvalue weighted by atomic mass is 9.96. The zero-order valence-electron chi connectivity index (χ0n) is 11.8. The molecule has 1 heterocycles. The van der Waals surface area contributed by atoms with Crippen LogP contribution in [0.5, 0.6) is 0 Å². The maximum absolute atomic E-state index is 6.24. The largest absolute Gasteiger partial charge is 0.366 e. The van der Waals surface area contributed by atoms with Gasteiger partial charge in [-0.2, -0.15) is 0 Å². The first-order chi connectivity index (χ1) is 8.45. The molecule has 1 saturated heterocycles. The van der Waals surface area contributed by atoms with E-state index in [-0.39, 0.29) is 5.54 Å². The van der Waals surface area contributed by atoms with Gasteiger partial charge < -0.3 is 10.2 Å². The van der Waals surface area contributed by atoms with Crippen molar-refractivity contribution in [3.8, 4) is 0 Å². The molecule has 0 spiro atoms. The smallest absolute Gasteiger partial charge is 0.0455 e. The van der Waals surface area contributed by atoms with Crippen molar-refractivity contribution in [1.29, 1.82) is 0 Å². The van der Waals surface area contributed by atoms with Gasteiger partial charge in [-0.15, -0.1) is 0 Å². The number of hydrogen-bond donors (Lipinski definition) is 1. The summed E-state index contributed by atoms with van der Waals surface area (Å²) in [7, 11) is 2.03. The molecule has 1 aliphatic heterocycles. The number of hydrogen-bond acceptors (Lipinski definition) is 2. The van der Waals surface area contributed by atoms with E-state index in [0.29, 0.717) is 5.92 Å². The molecule has 0 aromatic heterocycles. The highest BCUT2D eigenvalue weighted by Gasteiger charge is 2.38. The summed E-state index contributed by atoms with van der Waals surface area (Å²) in [5.74, 6) is 0.711. The monoisotopic (exact) mass is 266 g/mol. The lowest BCUT2D eigenvalue weighted by Crippen LogP contribution is -2.38. The van der Waals surface area contributed by atoms with E-state index in [0.717, 1.165) is 18.1 Å². The third-order valence-electron chi connectivity index (χ3n) is 3.98. The summed E-state index contributed by atoms with van der Waals surface area (Å²) in [6.07, 6.45) is 1.22. The van der Waals surface area contributed by atoms with E-state index in [9.17, 15) is 0 Å². The minimum absolute atomic E-state index is 0.205. The highest BCUT2D eigenvalue weighted by atomic mass is 35.5. The number of halogens is 1. The molecular weight excluding hydrogens is 244 g/mol. The van der Waals surface area contributed by atoms with Crippen LogP contribution in [0.4, 0.5) is 5.69 Å². The topological polar surface area (TPSA) is 15.3 Å². The fourth-order valence-corrected chi connectivity index (χ4v) is 3.29. The van der Waals surface area contributed by atoms with Crippen molar-refractivity contribution in [2.24, 2.45) is 5.92 Å². The lowest BCUT2D eigenvalue weighted by molar-refractivity contribution is 0.461. The van der Waals surface area contributed by atoms with Crippen molar-refractivity contribution >= 4 is 17.3 Å². The minimum Gasteiger partial charge on any atom is -0.366 e. The van der Waals surface area contributed by atoms with Gasteiger partial charge in [0.1, 0.15) is 0 Å². The van der Waals surface area contributed by atoms with E-state index >= 15 is 0 Å². The fourth-order valence-electron chi connectivity index (χ4n) is 3.12. The van der Waals surface area contributed by atoms with Gasteiger partial charge in [-0.25, -0.2) is 0 Å². The molecule has 18 heavy (non-hydrogen) atoms. The third-order valence-corrected chi connectivity index (χ3v) is 4.39. The molecule has 3 heteroatoms. The quantitative estimate of drug-likeness (QED) is 0.901. The van der Waals surface area contributed by atoms with Gasteiger partial charge in [-0.05, 0) is 64.4 Å². The van der Waals surface area contributed by atoms with Crippen LogP contribution in [0.2, 0.25) is 5.02 Å². The SMILES string of the molecule is CNCC1CN(c2cccc(Cl)c2C)C(C)(C)C1. The minimum atomic E-state index is 0.205. The predicted octanol–water partition coefficient (Wildman–Crippen LogP) is 3.47. The summed E-state index contributed by atoms with van der Waals surface area (Å²) in [4.78, 5) is 2.51. The van der Waals surface area contributed by atoms with Crippen LogP contribution in [0.1, 0.15) is 25.8 Å². The maximum atomic E-state index is 6.24. The second-order valence-electron chi connectivity index (χ2n) is 5.93. The van der Waals surface area contributed by atoms with Crippen LogP contribution >= 0.6 is 11.6 Å². The highest BCUT2D eigenvalue weighted by Crippen LogP contribution is 2.39. The molecule has 1 aliphatic rings. The van der Waals surface area contributed by atoms with E-state index in [1.165, 1.54) is 17.7 Å². The molecule has 1 aromatic rings. The van der Waals surface area contributed by atoms with Gasteiger partial charge in [0.25, 0.3) is 0 Å². The molecule has 0 saturated carbocycles. The van der Waals surface area contributed by atoms with Crippen LogP contribution in [-0.4, -0.2) is 25.7 Å². The molecule has 1 atom stereocenters. The molecule has 100 valence electrons. The zero-order valence-corrected chi connectivity index (χ0v) is 12.5. The Morgan fingerprint density at radius 3 is 2.83 bits per heavy atom. The normalized spacial score (nSPS) is 22.5. The summed E-state index contributed by atoms with van der Waals surface area (Å²) in [6, 6.07) is 6.20. The molecule has 0 aliphatic carbocycles. The number of benzene rings is 1.